The fourth-order valence-corrected chi connectivity index (χ4v) is 2.12. The van der Waals surface area contributed by atoms with Crippen molar-refractivity contribution < 1.29 is 4.74 Å². The maximum absolute atomic E-state index is 5.83. The molecule has 21 heavy (non-hydrogen) atoms. The van der Waals surface area contributed by atoms with Gasteiger partial charge in [0.15, 0.2) is 11.6 Å². The Kier molecular flexibility index (Phi) is 6.03. The average Bonchev–Trinajstić information content (AvgIpc) is 2.55. The number of benzene rings is 1. The lowest BCUT2D eigenvalue weighted by Crippen LogP contribution is -2.22. The van der Waals surface area contributed by atoms with Gasteiger partial charge in [0.2, 0.25) is 0 Å². The topological polar surface area (TPSA) is 51.4 Å². The molecule has 0 amide bonds. The number of ether oxygens (including phenoxy) is 1. The first-order chi connectivity index (χ1) is 10.4. The van der Waals surface area contributed by atoms with E-state index in [1.165, 1.54) is 0 Å². The van der Waals surface area contributed by atoms with Crippen LogP contribution in [0, 0.1) is 0 Å². The van der Waals surface area contributed by atoms with Gasteiger partial charge in [-0.15, -0.1) is 0 Å². The number of nitrogens with zero attached hydrogens (tertiary/aromatic N) is 2. The van der Waals surface area contributed by atoms with E-state index in [4.69, 9.17) is 10.5 Å². The van der Waals surface area contributed by atoms with Gasteiger partial charge in [-0.1, -0.05) is 25.1 Å². The summed E-state index contributed by atoms with van der Waals surface area (Å²) in [4.78, 5) is 6.69. The number of anilines is 2. The van der Waals surface area contributed by atoms with Crippen LogP contribution in [0.1, 0.15) is 19.8 Å². The Balaban J connectivity index is 2.32. The lowest BCUT2D eigenvalue weighted by molar-refractivity contribution is 0.317. The number of nitrogens with two attached hydrogens (primary N) is 1. The summed E-state index contributed by atoms with van der Waals surface area (Å²) in [7, 11) is 0. The van der Waals surface area contributed by atoms with Gasteiger partial charge in [0.1, 0.15) is 0 Å². The highest BCUT2D eigenvalue weighted by atomic mass is 16.5. The Morgan fingerprint density at radius 3 is 2.67 bits per heavy atom. The number of para-hydroxylation sites is 1. The van der Waals surface area contributed by atoms with Crippen molar-refractivity contribution in [3.05, 3.63) is 48.7 Å². The van der Waals surface area contributed by atoms with Crippen molar-refractivity contribution in [2.24, 2.45) is 5.73 Å². The van der Waals surface area contributed by atoms with Crippen LogP contribution in [-0.2, 0) is 0 Å². The first-order valence-corrected chi connectivity index (χ1v) is 7.47. The van der Waals surface area contributed by atoms with Gasteiger partial charge in [-0.25, -0.2) is 4.98 Å². The molecule has 0 atom stereocenters. The second-order valence-corrected chi connectivity index (χ2v) is 4.80. The molecule has 0 saturated heterocycles. The van der Waals surface area contributed by atoms with E-state index < -0.39 is 0 Å². The molecule has 0 saturated carbocycles. The van der Waals surface area contributed by atoms with Crippen LogP contribution in [-0.4, -0.2) is 24.7 Å². The first kappa shape index (κ1) is 15.3. The average molecular weight is 285 g/mol. The molecule has 4 heteroatoms. The van der Waals surface area contributed by atoms with Gasteiger partial charge in [0, 0.05) is 18.4 Å². The highest BCUT2D eigenvalue weighted by molar-refractivity contribution is 5.65. The molecule has 0 fully saturated rings. The zero-order valence-corrected chi connectivity index (χ0v) is 12.5. The molecule has 0 aliphatic carbocycles. The van der Waals surface area contributed by atoms with E-state index in [9.17, 15) is 0 Å². The molecule has 2 N–H and O–H groups in total. The summed E-state index contributed by atoms with van der Waals surface area (Å²) in [6.07, 6.45) is 3.67. The molecule has 0 spiro atoms. The number of hydrogen-bond acceptors (Lipinski definition) is 4. The minimum absolute atomic E-state index is 0.654. The van der Waals surface area contributed by atoms with Crippen LogP contribution in [0.15, 0.2) is 48.7 Å². The summed E-state index contributed by atoms with van der Waals surface area (Å²) in [5, 5.41) is 0. The Morgan fingerprint density at radius 1 is 1.14 bits per heavy atom. The smallest absolute Gasteiger partial charge is 0.175 e. The van der Waals surface area contributed by atoms with Crippen molar-refractivity contribution in [1.82, 2.24) is 4.98 Å². The minimum Gasteiger partial charge on any atom is -0.490 e. The first-order valence-electron chi connectivity index (χ1n) is 7.47. The van der Waals surface area contributed by atoms with E-state index in [-0.39, 0.29) is 0 Å². The summed E-state index contributed by atoms with van der Waals surface area (Å²) in [5.74, 6) is 1.67. The predicted molar refractivity (Wildman–Crippen MR) is 87.1 cm³/mol. The van der Waals surface area contributed by atoms with Crippen molar-refractivity contribution in [1.29, 1.82) is 0 Å². The van der Waals surface area contributed by atoms with Crippen LogP contribution in [0.25, 0.3) is 0 Å². The molecule has 2 rings (SSSR count). The number of pyridine rings is 1. The van der Waals surface area contributed by atoms with Crippen molar-refractivity contribution in [2.75, 3.05) is 24.6 Å². The van der Waals surface area contributed by atoms with Crippen LogP contribution < -0.4 is 15.4 Å². The molecule has 0 bridgehead atoms. The summed E-state index contributed by atoms with van der Waals surface area (Å²) in [6.45, 7) is 4.26. The highest BCUT2D eigenvalue weighted by Crippen LogP contribution is 2.31. The molecule has 0 aliphatic rings. The predicted octanol–water partition coefficient (Wildman–Crippen LogP) is 3.36. The van der Waals surface area contributed by atoms with E-state index in [1.54, 1.807) is 6.20 Å². The summed E-state index contributed by atoms with van der Waals surface area (Å²) >= 11 is 0. The van der Waals surface area contributed by atoms with Gasteiger partial charge in [-0.2, -0.15) is 0 Å². The fourth-order valence-electron chi connectivity index (χ4n) is 2.12. The Morgan fingerprint density at radius 2 is 1.95 bits per heavy atom. The molecule has 4 nitrogen and oxygen atoms in total. The molecule has 2 aromatic rings. The van der Waals surface area contributed by atoms with E-state index in [2.05, 4.69) is 28.9 Å². The van der Waals surface area contributed by atoms with Crippen LogP contribution in [0.3, 0.4) is 0 Å². The third kappa shape index (κ3) is 4.20. The van der Waals surface area contributed by atoms with Gasteiger partial charge in [0.25, 0.3) is 0 Å². The van der Waals surface area contributed by atoms with Crippen LogP contribution in [0.5, 0.6) is 5.75 Å². The van der Waals surface area contributed by atoms with Crippen LogP contribution in [0.4, 0.5) is 11.5 Å². The lowest BCUT2D eigenvalue weighted by atomic mass is 10.2. The van der Waals surface area contributed by atoms with Crippen molar-refractivity contribution in [3.63, 3.8) is 0 Å². The number of rotatable bonds is 8. The second kappa shape index (κ2) is 8.27. The maximum Gasteiger partial charge on any atom is 0.175 e. The van der Waals surface area contributed by atoms with Crippen LogP contribution in [0.2, 0.25) is 0 Å². The molecule has 1 heterocycles. The molecular formula is C17H23N3O. The van der Waals surface area contributed by atoms with Gasteiger partial charge < -0.3 is 15.4 Å². The Labute approximate surface area is 126 Å². The third-order valence-corrected chi connectivity index (χ3v) is 3.12. The van der Waals surface area contributed by atoms with E-state index in [0.29, 0.717) is 13.2 Å². The zero-order chi connectivity index (χ0) is 14.9. The normalized spacial score (nSPS) is 10.4. The molecule has 0 radical (unpaired) electrons. The standard InChI is InChI=1S/C17H23N3O/c1-2-14-21-16-10-6-12-19-17(16)20(13-7-11-18)15-8-4-3-5-9-15/h3-6,8-10,12H,2,7,11,13-14,18H2,1H3. The van der Waals surface area contributed by atoms with Gasteiger partial charge in [0.05, 0.1) is 6.61 Å². The number of hydrogen-bond donors (Lipinski definition) is 1. The molecule has 1 aromatic heterocycles. The monoisotopic (exact) mass is 285 g/mol. The molecule has 112 valence electrons. The minimum atomic E-state index is 0.654. The third-order valence-electron chi connectivity index (χ3n) is 3.12. The quantitative estimate of drug-likeness (QED) is 0.808. The Bertz CT molecular complexity index is 531. The summed E-state index contributed by atoms with van der Waals surface area (Å²) in [6, 6.07) is 14.1. The van der Waals surface area contributed by atoms with Crippen LogP contribution >= 0.6 is 0 Å². The van der Waals surface area contributed by atoms with E-state index in [1.807, 2.05) is 30.3 Å². The lowest BCUT2D eigenvalue weighted by Gasteiger charge is -2.25. The summed E-state index contributed by atoms with van der Waals surface area (Å²) < 4.78 is 5.83. The molecule has 1 aromatic carbocycles. The maximum atomic E-state index is 5.83. The van der Waals surface area contributed by atoms with Crippen molar-refractivity contribution in [3.8, 4) is 5.75 Å². The fraction of sp³-hybridized carbons (Fsp3) is 0.353. The van der Waals surface area contributed by atoms with E-state index in [0.717, 1.165) is 36.6 Å². The molecule has 0 aliphatic heterocycles. The summed E-state index contributed by atoms with van der Waals surface area (Å²) in [5.41, 5.74) is 6.78. The van der Waals surface area contributed by atoms with Crippen molar-refractivity contribution in [2.45, 2.75) is 19.8 Å². The van der Waals surface area contributed by atoms with Crippen molar-refractivity contribution >= 4 is 11.5 Å². The zero-order valence-electron chi connectivity index (χ0n) is 12.5. The van der Waals surface area contributed by atoms with E-state index >= 15 is 0 Å². The largest absolute Gasteiger partial charge is 0.490 e. The Hall–Kier alpha value is -2.07. The van der Waals surface area contributed by atoms with Gasteiger partial charge in [-0.3, -0.25) is 0 Å². The van der Waals surface area contributed by atoms with Gasteiger partial charge in [-0.05, 0) is 43.7 Å². The highest BCUT2D eigenvalue weighted by Gasteiger charge is 2.15. The number of aromatic nitrogens is 1. The molecular weight excluding hydrogens is 262 g/mol. The SMILES string of the molecule is CCCOc1cccnc1N(CCCN)c1ccccc1. The van der Waals surface area contributed by atoms with Gasteiger partial charge >= 0.3 is 0 Å². The molecule has 0 unspecified atom stereocenters. The second-order valence-electron chi connectivity index (χ2n) is 4.80.